The second kappa shape index (κ2) is 7.20. The maximum Gasteiger partial charge on any atom is 0.331 e. The molecule has 0 aliphatic heterocycles. The molecule has 1 unspecified atom stereocenters. The number of rotatable bonds is 5. The first-order valence-electron chi connectivity index (χ1n) is 6.70. The average Bonchev–Trinajstić information content (AvgIpc) is 2.54. The van der Waals surface area contributed by atoms with E-state index in [0.717, 1.165) is 0 Å². The smallest absolute Gasteiger partial charge is 0.331 e. The Bertz CT molecular complexity index is 630. The van der Waals surface area contributed by atoms with Gasteiger partial charge in [-0.25, -0.2) is 4.79 Å². The predicted molar refractivity (Wildman–Crippen MR) is 80.9 cm³/mol. The van der Waals surface area contributed by atoms with Crippen LogP contribution in [0.1, 0.15) is 28.9 Å². The summed E-state index contributed by atoms with van der Waals surface area (Å²) < 4.78 is 5.32. The van der Waals surface area contributed by atoms with Crippen molar-refractivity contribution in [2.24, 2.45) is 0 Å². The van der Waals surface area contributed by atoms with Crippen LogP contribution in [0.4, 0.5) is 0 Å². The van der Waals surface area contributed by atoms with Gasteiger partial charge >= 0.3 is 5.97 Å². The van der Waals surface area contributed by atoms with Gasteiger partial charge in [-0.05, 0) is 6.92 Å². The standard InChI is InChI=1S/C18H16O3/c1-2-9-16(19)21-18(15-12-7-4-8-13-15)17(20)14-10-5-3-6-11-14/h2-13,18H,1H3. The zero-order valence-electron chi connectivity index (χ0n) is 11.7. The van der Waals surface area contributed by atoms with Crippen LogP contribution < -0.4 is 0 Å². The molecule has 0 heterocycles. The summed E-state index contributed by atoms with van der Waals surface area (Å²) in [5, 5.41) is 0. The number of hydrogen-bond acceptors (Lipinski definition) is 3. The minimum absolute atomic E-state index is 0.236. The molecule has 0 amide bonds. The monoisotopic (exact) mass is 280 g/mol. The minimum atomic E-state index is -0.933. The van der Waals surface area contributed by atoms with E-state index in [1.807, 2.05) is 24.3 Å². The molecule has 106 valence electrons. The van der Waals surface area contributed by atoms with E-state index in [-0.39, 0.29) is 5.78 Å². The van der Waals surface area contributed by atoms with Crippen LogP contribution in [0.2, 0.25) is 0 Å². The van der Waals surface area contributed by atoms with Gasteiger partial charge in [0.2, 0.25) is 5.78 Å². The second-order valence-electron chi connectivity index (χ2n) is 4.46. The Kier molecular flexibility index (Phi) is 5.04. The van der Waals surface area contributed by atoms with Crippen molar-refractivity contribution in [2.45, 2.75) is 13.0 Å². The largest absolute Gasteiger partial charge is 0.446 e. The maximum atomic E-state index is 12.6. The van der Waals surface area contributed by atoms with Gasteiger partial charge in [-0.2, -0.15) is 0 Å². The molecule has 0 saturated carbocycles. The number of benzene rings is 2. The topological polar surface area (TPSA) is 43.4 Å². The molecule has 3 nitrogen and oxygen atoms in total. The molecule has 3 heteroatoms. The average molecular weight is 280 g/mol. The molecule has 2 aromatic carbocycles. The fourth-order valence-electron chi connectivity index (χ4n) is 1.95. The Labute approximate surface area is 123 Å². The fraction of sp³-hybridized carbons (Fsp3) is 0.111. The van der Waals surface area contributed by atoms with Gasteiger partial charge in [0.1, 0.15) is 0 Å². The molecule has 0 bridgehead atoms. The first kappa shape index (κ1) is 14.7. The third-order valence-electron chi connectivity index (χ3n) is 2.94. The van der Waals surface area contributed by atoms with Gasteiger partial charge in [-0.1, -0.05) is 66.7 Å². The molecule has 2 aromatic rings. The van der Waals surface area contributed by atoms with Gasteiger partial charge in [0.15, 0.2) is 6.10 Å². The molecule has 0 radical (unpaired) electrons. The summed E-state index contributed by atoms with van der Waals surface area (Å²) in [7, 11) is 0. The van der Waals surface area contributed by atoms with Gasteiger partial charge in [0, 0.05) is 17.2 Å². The van der Waals surface area contributed by atoms with E-state index in [1.54, 1.807) is 49.4 Å². The SMILES string of the molecule is CC=CC(=O)OC(C(=O)c1ccccc1)c1ccccc1. The molecule has 1 atom stereocenters. The van der Waals surface area contributed by atoms with Crippen molar-refractivity contribution in [3.63, 3.8) is 0 Å². The molecule has 21 heavy (non-hydrogen) atoms. The fourth-order valence-corrected chi connectivity index (χ4v) is 1.95. The molecule has 0 fully saturated rings. The number of carbonyl (C=O) groups is 2. The summed E-state index contributed by atoms with van der Waals surface area (Å²) >= 11 is 0. The van der Waals surface area contributed by atoms with Crippen molar-refractivity contribution in [1.82, 2.24) is 0 Å². The summed E-state index contributed by atoms with van der Waals surface area (Å²) in [6.07, 6.45) is 1.95. The van der Waals surface area contributed by atoms with Gasteiger partial charge in [-0.15, -0.1) is 0 Å². The van der Waals surface area contributed by atoms with Crippen LogP contribution in [-0.2, 0) is 9.53 Å². The highest BCUT2D eigenvalue weighted by Crippen LogP contribution is 2.22. The molecule has 0 saturated heterocycles. The Morgan fingerprint density at radius 2 is 1.52 bits per heavy atom. The van der Waals surface area contributed by atoms with Crippen molar-refractivity contribution < 1.29 is 14.3 Å². The zero-order chi connectivity index (χ0) is 15.1. The Hall–Kier alpha value is -2.68. The summed E-state index contributed by atoms with van der Waals surface area (Å²) in [5.74, 6) is -0.768. The molecule has 0 N–H and O–H groups in total. The molecule has 0 aliphatic carbocycles. The van der Waals surface area contributed by atoms with Gasteiger partial charge in [0.25, 0.3) is 0 Å². The highest BCUT2D eigenvalue weighted by molar-refractivity contribution is 6.01. The van der Waals surface area contributed by atoms with Crippen molar-refractivity contribution >= 4 is 11.8 Å². The van der Waals surface area contributed by atoms with E-state index in [2.05, 4.69) is 0 Å². The molecular formula is C18H16O3. The highest BCUT2D eigenvalue weighted by Gasteiger charge is 2.25. The van der Waals surface area contributed by atoms with Gasteiger partial charge < -0.3 is 4.74 Å². The highest BCUT2D eigenvalue weighted by atomic mass is 16.5. The van der Waals surface area contributed by atoms with Crippen molar-refractivity contribution in [2.75, 3.05) is 0 Å². The lowest BCUT2D eigenvalue weighted by molar-refractivity contribution is -0.141. The van der Waals surface area contributed by atoms with Crippen molar-refractivity contribution in [3.8, 4) is 0 Å². The summed E-state index contributed by atoms with van der Waals surface area (Å²) in [4.78, 5) is 24.3. The van der Waals surface area contributed by atoms with Gasteiger partial charge in [-0.3, -0.25) is 4.79 Å². The molecule has 0 aromatic heterocycles. The number of Topliss-reactive ketones (excluding diaryl/α,β-unsaturated/α-hetero) is 1. The number of ketones is 1. The lowest BCUT2D eigenvalue weighted by Crippen LogP contribution is -2.19. The summed E-state index contributed by atoms with van der Waals surface area (Å²) in [6, 6.07) is 17.8. The van der Waals surface area contributed by atoms with E-state index in [0.29, 0.717) is 11.1 Å². The van der Waals surface area contributed by atoms with Crippen LogP contribution in [0.15, 0.2) is 72.8 Å². The van der Waals surface area contributed by atoms with Crippen LogP contribution in [0.5, 0.6) is 0 Å². The number of carbonyl (C=O) groups excluding carboxylic acids is 2. The normalized spacial score (nSPS) is 12.0. The predicted octanol–water partition coefficient (Wildman–Crippen LogP) is 3.73. The first-order chi connectivity index (χ1) is 10.2. The maximum absolute atomic E-state index is 12.6. The minimum Gasteiger partial charge on any atom is -0.446 e. The van der Waals surface area contributed by atoms with Crippen LogP contribution >= 0.6 is 0 Å². The van der Waals surface area contributed by atoms with E-state index in [9.17, 15) is 9.59 Å². The lowest BCUT2D eigenvalue weighted by Gasteiger charge is -2.16. The number of allylic oxidation sites excluding steroid dienone is 1. The number of ether oxygens (including phenoxy) is 1. The third-order valence-corrected chi connectivity index (χ3v) is 2.94. The molecule has 2 rings (SSSR count). The van der Waals surface area contributed by atoms with Crippen LogP contribution in [0, 0.1) is 0 Å². The van der Waals surface area contributed by atoms with E-state index >= 15 is 0 Å². The zero-order valence-corrected chi connectivity index (χ0v) is 11.7. The number of esters is 1. The van der Waals surface area contributed by atoms with Crippen LogP contribution in [0.3, 0.4) is 0 Å². The van der Waals surface area contributed by atoms with E-state index in [1.165, 1.54) is 6.08 Å². The summed E-state index contributed by atoms with van der Waals surface area (Å²) in [5.41, 5.74) is 1.17. The second-order valence-corrected chi connectivity index (χ2v) is 4.46. The Balaban J connectivity index is 2.32. The lowest BCUT2D eigenvalue weighted by atomic mass is 10.00. The van der Waals surface area contributed by atoms with E-state index < -0.39 is 12.1 Å². The van der Waals surface area contributed by atoms with Crippen molar-refractivity contribution in [3.05, 3.63) is 83.9 Å². The van der Waals surface area contributed by atoms with Crippen LogP contribution in [0.25, 0.3) is 0 Å². The Morgan fingerprint density at radius 1 is 0.952 bits per heavy atom. The molecular weight excluding hydrogens is 264 g/mol. The Morgan fingerprint density at radius 3 is 2.10 bits per heavy atom. The van der Waals surface area contributed by atoms with Gasteiger partial charge in [0.05, 0.1) is 0 Å². The van der Waals surface area contributed by atoms with Crippen LogP contribution in [-0.4, -0.2) is 11.8 Å². The quantitative estimate of drug-likeness (QED) is 0.476. The first-order valence-corrected chi connectivity index (χ1v) is 6.70. The van der Waals surface area contributed by atoms with E-state index in [4.69, 9.17) is 4.74 Å². The third kappa shape index (κ3) is 3.89. The number of hydrogen-bond donors (Lipinski definition) is 0. The molecule has 0 aliphatic rings. The summed E-state index contributed by atoms with van der Waals surface area (Å²) in [6.45, 7) is 1.72. The van der Waals surface area contributed by atoms with Crippen molar-refractivity contribution in [1.29, 1.82) is 0 Å². The molecule has 0 spiro atoms.